The van der Waals surface area contributed by atoms with Crippen LogP contribution in [-0.2, 0) is 9.59 Å². The summed E-state index contributed by atoms with van der Waals surface area (Å²) in [5.74, 6) is -0.0186. The summed E-state index contributed by atoms with van der Waals surface area (Å²) >= 11 is 0. The van der Waals surface area contributed by atoms with Gasteiger partial charge in [-0.3, -0.25) is 9.59 Å². The van der Waals surface area contributed by atoms with Crippen molar-refractivity contribution < 1.29 is 9.59 Å². The average molecular weight is 184 g/mol. The van der Waals surface area contributed by atoms with Gasteiger partial charge in [0, 0.05) is 5.92 Å². The lowest BCUT2D eigenvalue weighted by Crippen LogP contribution is -2.06. The summed E-state index contributed by atoms with van der Waals surface area (Å²) in [6, 6.07) is 0. The lowest BCUT2D eigenvalue weighted by atomic mass is 10.0. The van der Waals surface area contributed by atoms with E-state index >= 15 is 0 Å². The minimum Gasteiger partial charge on any atom is -0.295 e. The molecule has 0 bridgehead atoms. The molecule has 76 valence electrons. The summed E-state index contributed by atoms with van der Waals surface area (Å²) in [7, 11) is 0. The summed E-state index contributed by atoms with van der Waals surface area (Å²) in [5, 5.41) is 0. The highest BCUT2D eigenvalue weighted by molar-refractivity contribution is 5.98. The molecule has 1 atom stereocenters. The van der Waals surface area contributed by atoms with Gasteiger partial charge < -0.3 is 0 Å². The van der Waals surface area contributed by atoms with Gasteiger partial charge in [-0.2, -0.15) is 0 Å². The van der Waals surface area contributed by atoms with E-state index in [-0.39, 0.29) is 17.5 Å². The molecule has 0 aromatic heterocycles. The Morgan fingerprint density at radius 3 is 2.00 bits per heavy atom. The first-order chi connectivity index (χ1) is 6.07. The smallest absolute Gasteiger partial charge is 0.158 e. The van der Waals surface area contributed by atoms with E-state index in [0.717, 1.165) is 6.42 Å². The molecule has 1 unspecified atom stereocenters. The van der Waals surface area contributed by atoms with Crippen LogP contribution in [-0.4, -0.2) is 11.6 Å². The van der Waals surface area contributed by atoms with Gasteiger partial charge in [-0.05, 0) is 25.5 Å². The summed E-state index contributed by atoms with van der Waals surface area (Å²) in [6.45, 7) is 9.23. The fourth-order valence-corrected chi connectivity index (χ4v) is 0.565. The maximum atomic E-state index is 11.0. The molecule has 0 N–H and O–H groups in total. The molecule has 0 aromatic rings. The highest BCUT2D eigenvalue weighted by Crippen LogP contribution is 2.02. The van der Waals surface area contributed by atoms with Crippen LogP contribution in [0.4, 0.5) is 0 Å². The van der Waals surface area contributed by atoms with Gasteiger partial charge in [-0.1, -0.05) is 27.7 Å². The van der Waals surface area contributed by atoms with Gasteiger partial charge in [0.2, 0.25) is 0 Å². The minimum atomic E-state index is -0.0818. The molecular weight excluding hydrogens is 164 g/mol. The van der Waals surface area contributed by atoms with E-state index in [1.165, 1.54) is 19.1 Å². The van der Waals surface area contributed by atoms with E-state index in [1.54, 1.807) is 0 Å². The first-order valence-corrected chi connectivity index (χ1v) is 4.80. The Morgan fingerprint density at radius 1 is 1.23 bits per heavy atom. The highest BCUT2D eigenvalue weighted by atomic mass is 16.1. The summed E-state index contributed by atoms with van der Waals surface area (Å²) in [4.78, 5) is 21.5. The minimum absolute atomic E-state index is 0.0303. The van der Waals surface area contributed by atoms with Gasteiger partial charge in [0.1, 0.15) is 0 Å². The SMILES string of the molecule is CC.CCC(C)C(=O)/C=C\C(C)=O. The second-order valence-electron chi connectivity index (χ2n) is 2.66. The average Bonchev–Trinajstić information content (AvgIpc) is 2.16. The van der Waals surface area contributed by atoms with Crippen LogP contribution in [0.25, 0.3) is 0 Å². The first-order valence-electron chi connectivity index (χ1n) is 4.80. The van der Waals surface area contributed by atoms with E-state index in [2.05, 4.69) is 0 Å². The molecule has 0 aromatic carbocycles. The molecule has 0 aliphatic heterocycles. The molecule has 0 rings (SSSR count). The third-order valence-corrected chi connectivity index (χ3v) is 1.58. The highest BCUT2D eigenvalue weighted by Gasteiger charge is 2.05. The van der Waals surface area contributed by atoms with E-state index in [1.807, 2.05) is 27.7 Å². The van der Waals surface area contributed by atoms with E-state index in [0.29, 0.717) is 0 Å². The largest absolute Gasteiger partial charge is 0.295 e. The van der Waals surface area contributed by atoms with Gasteiger partial charge in [0.05, 0.1) is 0 Å². The van der Waals surface area contributed by atoms with E-state index in [4.69, 9.17) is 0 Å². The van der Waals surface area contributed by atoms with Crippen LogP contribution in [0.5, 0.6) is 0 Å². The molecule has 0 spiro atoms. The zero-order valence-electron chi connectivity index (χ0n) is 9.26. The van der Waals surface area contributed by atoms with Gasteiger partial charge in [-0.15, -0.1) is 0 Å². The molecular formula is C11H20O2. The van der Waals surface area contributed by atoms with E-state index < -0.39 is 0 Å². The van der Waals surface area contributed by atoms with Crippen LogP contribution in [0, 0.1) is 5.92 Å². The lowest BCUT2D eigenvalue weighted by molar-refractivity contribution is -0.118. The predicted octanol–water partition coefficient (Wildman–Crippen LogP) is 2.77. The molecule has 0 amide bonds. The molecule has 0 aliphatic carbocycles. The third kappa shape index (κ3) is 8.99. The number of ketones is 2. The number of hydrogen-bond donors (Lipinski definition) is 0. The molecule has 0 saturated heterocycles. The standard InChI is InChI=1S/C9H14O2.C2H6/c1-4-7(2)9(11)6-5-8(3)10;1-2/h5-7H,4H2,1-3H3;1-2H3/b6-5-;. The molecule has 13 heavy (non-hydrogen) atoms. The van der Waals surface area contributed by atoms with Crippen LogP contribution >= 0.6 is 0 Å². The molecule has 2 nitrogen and oxygen atoms in total. The van der Waals surface area contributed by atoms with Crippen LogP contribution in [0.3, 0.4) is 0 Å². The number of allylic oxidation sites excluding steroid dienone is 2. The van der Waals surface area contributed by atoms with Crippen LogP contribution in [0.15, 0.2) is 12.2 Å². The normalized spacial score (nSPS) is 11.8. The zero-order chi connectivity index (χ0) is 10.9. The Morgan fingerprint density at radius 2 is 1.69 bits per heavy atom. The van der Waals surface area contributed by atoms with Crippen LogP contribution < -0.4 is 0 Å². The number of hydrogen-bond acceptors (Lipinski definition) is 2. The second kappa shape index (κ2) is 9.17. The number of carbonyl (C=O) groups excluding carboxylic acids is 2. The molecule has 0 fully saturated rings. The Hall–Kier alpha value is -0.920. The van der Waals surface area contributed by atoms with Gasteiger partial charge in [-0.25, -0.2) is 0 Å². The molecule has 0 heterocycles. The van der Waals surface area contributed by atoms with Crippen molar-refractivity contribution in [3.63, 3.8) is 0 Å². The Labute approximate surface area is 81.0 Å². The van der Waals surface area contributed by atoms with Gasteiger partial charge >= 0.3 is 0 Å². The quantitative estimate of drug-likeness (QED) is 0.629. The summed E-state index contributed by atoms with van der Waals surface area (Å²) < 4.78 is 0. The maximum absolute atomic E-state index is 11.0. The van der Waals surface area contributed by atoms with Gasteiger partial charge in [0.15, 0.2) is 11.6 Å². The Kier molecular flexibility index (Phi) is 10.3. The number of carbonyl (C=O) groups is 2. The molecule has 0 aliphatic rings. The van der Waals surface area contributed by atoms with Crippen molar-refractivity contribution in [3.8, 4) is 0 Å². The lowest BCUT2D eigenvalue weighted by Gasteiger charge is -2.00. The molecule has 2 heteroatoms. The van der Waals surface area contributed by atoms with Crippen molar-refractivity contribution in [2.45, 2.75) is 41.0 Å². The van der Waals surface area contributed by atoms with Crippen LogP contribution in [0.1, 0.15) is 41.0 Å². The number of rotatable bonds is 4. The van der Waals surface area contributed by atoms with E-state index in [9.17, 15) is 9.59 Å². The van der Waals surface area contributed by atoms with Crippen molar-refractivity contribution in [3.05, 3.63) is 12.2 Å². The fraction of sp³-hybridized carbons (Fsp3) is 0.636. The van der Waals surface area contributed by atoms with Gasteiger partial charge in [0.25, 0.3) is 0 Å². The van der Waals surface area contributed by atoms with Crippen molar-refractivity contribution in [2.75, 3.05) is 0 Å². The summed E-state index contributed by atoms with van der Waals surface area (Å²) in [5.41, 5.74) is 0. The Balaban J connectivity index is 0. The van der Waals surface area contributed by atoms with Crippen molar-refractivity contribution in [2.24, 2.45) is 5.92 Å². The summed E-state index contributed by atoms with van der Waals surface area (Å²) in [6.07, 6.45) is 3.49. The Bertz CT molecular complexity index is 181. The van der Waals surface area contributed by atoms with Crippen molar-refractivity contribution in [1.82, 2.24) is 0 Å². The maximum Gasteiger partial charge on any atom is 0.158 e. The topological polar surface area (TPSA) is 34.1 Å². The fourth-order valence-electron chi connectivity index (χ4n) is 0.565. The third-order valence-electron chi connectivity index (χ3n) is 1.58. The molecule has 0 radical (unpaired) electrons. The first kappa shape index (κ1) is 14.6. The van der Waals surface area contributed by atoms with Crippen LogP contribution in [0.2, 0.25) is 0 Å². The second-order valence-corrected chi connectivity index (χ2v) is 2.66. The van der Waals surface area contributed by atoms with Crippen molar-refractivity contribution >= 4 is 11.6 Å². The predicted molar refractivity (Wildman–Crippen MR) is 55.6 cm³/mol. The monoisotopic (exact) mass is 184 g/mol. The van der Waals surface area contributed by atoms with Crippen molar-refractivity contribution in [1.29, 1.82) is 0 Å². The zero-order valence-corrected chi connectivity index (χ0v) is 9.26. The molecule has 0 saturated carbocycles.